The fourth-order valence-corrected chi connectivity index (χ4v) is 2.08. The van der Waals surface area contributed by atoms with Crippen LogP contribution < -0.4 is 0 Å². The lowest BCUT2D eigenvalue weighted by Gasteiger charge is -2.17. The van der Waals surface area contributed by atoms with Crippen molar-refractivity contribution in [3.8, 4) is 11.8 Å². The largest absolute Gasteiger partial charge is 0.292 e. The first-order valence-corrected chi connectivity index (χ1v) is 6.49. The zero-order valence-electron chi connectivity index (χ0n) is 9.62. The van der Waals surface area contributed by atoms with Gasteiger partial charge in [-0.05, 0) is 37.4 Å². The van der Waals surface area contributed by atoms with Gasteiger partial charge in [-0.3, -0.25) is 4.90 Å². The van der Waals surface area contributed by atoms with Crippen molar-refractivity contribution in [1.82, 2.24) is 4.90 Å². The third-order valence-electron chi connectivity index (χ3n) is 2.12. The van der Waals surface area contributed by atoms with Crippen LogP contribution in [0, 0.1) is 11.8 Å². The minimum absolute atomic E-state index is 0.902. The molecule has 2 heteroatoms. The first kappa shape index (κ1) is 12.3. The monoisotopic (exact) mass is 221 g/mol. The maximum atomic E-state index is 3.24. The Labute approximate surface area is 97.1 Å². The molecule has 1 rings (SSSR count). The zero-order valence-corrected chi connectivity index (χ0v) is 10.4. The standard InChI is InChI=1S/C13H19NS/c1-3-9-14(10-4-2)11-5-7-13-8-6-12-15-13/h6,8,12H,3-4,9-11H2,1-2H3. The predicted molar refractivity (Wildman–Crippen MR) is 68.2 cm³/mol. The van der Waals surface area contributed by atoms with Crippen LogP contribution in [0.25, 0.3) is 0 Å². The third-order valence-corrected chi connectivity index (χ3v) is 2.90. The minimum Gasteiger partial charge on any atom is -0.292 e. The van der Waals surface area contributed by atoms with Crippen LogP contribution in [0.3, 0.4) is 0 Å². The van der Waals surface area contributed by atoms with Gasteiger partial charge in [0.2, 0.25) is 0 Å². The molecule has 0 unspecified atom stereocenters. The van der Waals surface area contributed by atoms with Crippen LogP contribution >= 0.6 is 11.3 Å². The number of hydrogen-bond acceptors (Lipinski definition) is 2. The molecule has 0 saturated heterocycles. The molecular formula is C13H19NS. The van der Waals surface area contributed by atoms with Crippen molar-refractivity contribution >= 4 is 11.3 Å². The van der Waals surface area contributed by atoms with Gasteiger partial charge in [-0.25, -0.2) is 0 Å². The molecule has 0 fully saturated rings. The maximum absolute atomic E-state index is 3.24. The van der Waals surface area contributed by atoms with Gasteiger partial charge >= 0.3 is 0 Å². The number of thiophene rings is 1. The molecule has 1 aromatic heterocycles. The van der Waals surface area contributed by atoms with Crippen molar-refractivity contribution in [3.63, 3.8) is 0 Å². The smallest absolute Gasteiger partial charge is 0.0768 e. The summed E-state index contributed by atoms with van der Waals surface area (Å²) in [5.41, 5.74) is 0. The second-order valence-electron chi connectivity index (χ2n) is 3.56. The second-order valence-corrected chi connectivity index (χ2v) is 4.50. The summed E-state index contributed by atoms with van der Waals surface area (Å²) in [6.07, 6.45) is 2.42. The molecule has 0 aliphatic carbocycles. The van der Waals surface area contributed by atoms with E-state index in [0.29, 0.717) is 0 Å². The average molecular weight is 221 g/mol. The SMILES string of the molecule is CCCN(CC#Cc1cccs1)CCC. The predicted octanol–water partition coefficient (Wildman–Crippen LogP) is 3.22. The Kier molecular flexibility index (Phi) is 6.15. The van der Waals surface area contributed by atoms with E-state index in [0.717, 1.165) is 19.6 Å². The van der Waals surface area contributed by atoms with Crippen LogP contribution in [-0.4, -0.2) is 24.5 Å². The molecule has 0 radical (unpaired) electrons. The van der Waals surface area contributed by atoms with Gasteiger partial charge in [0, 0.05) is 0 Å². The van der Waals surface area contributed by atoms with E-state index in [1.165, 1.54) is 17.7 Å². The number of nitrogens with zero attached hydrogens (tertiary/aromatic N) is 1. The molecule has 1 nitrogen and oxygen atoms in total. The average Bonchev–Trinajstić information content (AvgIpc) is 2.71. The molecule has 82 valence electrons. The van der Waals surface area contributed by atoms with Crippen molar-refractivity contribution < 1.29 is 0 Å². The lowest BCUT2D eigenvalue weighted by molar-refractivity contribution is 0.308. The van der Waals surface area contributed by atoms with Gasteiger partial charge in [-0.15, -0.1) is 11.3 Å². The van der Waals surface area contributed by atoms with Crippen molar-refractivity contribution in [3.05, 3.63) is 22.4 Å². The number of hydrogen-bond donors (Lipinski definition) is 0. The highest BCUT2D eigenvalue weighted by molar-refractivity contribution is 7.10. The Morgan fingerprint density at radius 1 is 1.27 bits per heavy atom. The van der Waals surface area contributed by atoms with Crippen molar-refractivity contribution in [2.75, 3.05) is 19.6 Å². The Hall–Kier alpha value is -0.780. The van der Waals surface area contributed by atoms with Crippen LogP contribution in [0.15, 0.2) is 17.5 Å². The van der Waals surface area contributed by atoms with Crippen molar-refractivity contribution in [1.29, 1.82) is 0 Å². The van der Waals surface area contributed by atoms with E-state index in [4.69, 9.17) is 0 Å². The van der Waals surface area contributed by atoms with E-state index in [9.17, 15) is 0 Å². The van der Waals surface area contributed by atoms with Gasteiger partial charge in [0.15, 0.2) is 0 Å². The van der Waals surface area contributed by atoms with Gasteiger partial charge in [0.05, 0.1) is 11.4 Å². The minimum atomic E-state index is 0.902. The van der Waals surface area contributed by atoms with E-state index < -0.39 is 0 Å². The van der Waals surface area contributed by atoms with Crippen LogP contribution in [0.1, 0.15) is 31.6 Å². The summed E-state index contributed by atoms with van der Waals surface area (Å²) in [4.78, 5) is 3.59. The topological polar surface area (TPSA) is 3.24 Å². The highest BCUT2D eigenvalue weighted by Gasteiger charge is 1.98. The molecule has 1 heterocycles. The molecule has 1 aromatic rings. The van der Waals surface area contributed by atoms with E-state index >= 15 is 0 Å². The summed E-state index contributed by atoms with van der Waals surface area (Å²) in [6, 6.07) is 4.12. The Morgan fingerprint density at radius 3 is 2.53 bits per heavy atom. The fourth-order valence-electron chi connectivity index (χ4n) is 1.49. The van der Waals surface area contributed by atoms with Gasteiger partial charge < -0.3 is 0 Å². The highest BCUT2D eigenvalue weighted by atomic mass is 32.1. The molecule has 0 saturated carbocycles. The summed E-state index contributed by atoms with van der Waals surface area (Å²) in [7, 11) is 0. The Bertz CT molecular complexity index is 299. The van der Waals surface area contributed by atoms with E-state index in [2.05, 4.69) is 42.0 Å². The van der Waals surface area contributed by atoms with Crippen LogP contribution in [-0.2, 0) is 0 Å². The van der Waals surface area contributed by atoms with Gasteiger partial charge in [-0.2, -0.15) is 0 Å². The number of rotatable bonds is 5. The van der Waals surface area contributed by atoms with E-state index in [1.807, 2.05) is 6.07 Å². The molecule has 15 heavy (non-hydrogen) atoms. The van der Waals surface area contributed by atoms with Crippen molar-refractivity contribution in [2.24, 2.45) is 0 Å². The summed E-state index contributed by atoms with van der Waals surface area (Å²) >= 11 is 1.71. The highest BCUT2D eigenvalue weighted by Crippen LogP contribution is 2.05. The maximum Gasteiger partial charge on any atom is 0.0768 e. The van der Waals surface area contributed by atoms with Gasteiger partial charge in [0.1, 0.15) is 0 Å². The molecular weight excluding hydrogens is 202 g/mol. The molecule has 0 amide bonds. The Morgan fingerprint density at radius 2 is 2.00 bits per heavy atom. The second kappa shape index (κ2) is 7.50. The first-order chi connectivity index (χ1) is 7.36. The van der Waals surface area contributed by atoms with E-state index in [1.54, 1.807) is 11.3 Å². The van der Waals surface area contributed by atoms with Crippen LogP contribution in [0.5, 0.6) is 0 Å². The van der Waals surface area contributed by atoms with Crippen LogP contribution in [0.2, 0.25) is 0 Å². The molecule has 0 bridgehead atoms. The summed E-state index contributed by atoms with van der Waals surface area (Å²) in [5, 5.41) is 2.07. The molecule has 0 aromatic carbocycles. The third kappa shape index (κ3) is 5.01. The van der Waals surface area contributed by atoms with Gasteiger partial charge in [0.25, 0.3) is 0 Å². The van der Waals surface area contributed by atoms with Gasteiger partial charge in [-0.1, -0.05) is 31.8 Å². The van der Waals surface area contributed by atoms with E-state index in [-0.39, 0.29) is 0 Å². The van der Waals surface area contributed by atoms with Crippen LogP contribution in [0.4, 0.5) is 0 Å². The summed E-state index contributed by atoms with van der Waals surface area (Å²) in [5.74, 6) is 6.44. The molecule has 0 atom stereocenters. The summed E-state index contributed by atoms with van der Waals surface area (Å²) in [6.45, 7) is 7.66. The first-order valence-electron chi connectivity index (χ1n) is 5.61. The molecule has 0 aliphatic heterocycles. The fraction of sp³-hybridized carbons (Fsp3) is 0.538. The lowest BCUT2D eigenvalue weighted by Crippen LogP contribution is -2.25. The van der Waals surface area contributed by atoms with Crippen molar-refractivity contribution in [2.45, 2.75) is 26.7 Å². The molecule has 0 aliphatic rings. The quantitative estimate of drug-likeness (QED) is 0.690. The molecule has 0 spiro atoms. The zero-order chi connectivity index (χ0) is 10.9. The lowest BCUT2D eigenvalue weighted by atomic mass is 10.3. The summed E-state index contributed by atoms with van der Waals surface area (Å²) < 4.78 is 0. The molecule has 0 N–H and O–H groups in total. The normalized spacial score (nSPS) is 10.1. The Balaban J connectivity index is 2.38.